The van der Waals surface area contributed by atoms with Crippen molar-refractivity contribution >= 4 is 0 Å². The highest BCUT2D eigenvalue weighted by Crippen LogP contribution is 2.23. The molecule has 0 amide bonds. The molecule has 0 radical (unpaired) electrons. The summed E-state index contributed by atoms with van der Waals surface area (Å²) in [4.78, 5) is 6.52. The zero-order chi connectivity index (χ0) is 13.0. The summed E-state index contributed by atoms with van der Waals surface area (Å²) in [6.07, 6.45) is 9.28. The van der Waals surface area contributed by atoms with Crippen molar-refractivity contribution in [3.05, 3.63) is 18.2 Å². The first-order chi connectivity index (χ1) is 8.72. The summed E-state index contributed by atoms with van der Waals surface area (Å²) in [5.41, 5.74) is 1.25. The van der Waals surface area contributed by atoms with E-state index < -0.39 is 0 Å². The van der Waals surface area contributed by atoms with Crippen LogP contribution in [0, 0.1) is 0 Å². The number of aryl methyl sites for hydroxylation is 1. The van der Waals surface area contributed by atoms with Crippen LogP contribution in [0.15, 0.2) is 12.5 Å². The fraction of sp³-hybridized carbons (Fsp3) is 0.786. The first-order valence-corrected chi connectivity index (χ1v) is 7.09. The van der Waals surface area contributed by atoms with Gasteiger partial charge < -0.3 is 9.67 Å². The fourth-order valence-electron chi connectivity index (χ4n) is 2.90. The molecule has 1 heterocycles. The summed E-state index contributed by atoms with van der Waals surface area (Å²) < 4.78 is 2.21. The quantitative estimate of drug-likeness (QED) is 0.870. The smallest absolute Gasteiger partial charge is 0.0948 e. The summed E-state index contributed by atoms with van der Waals surface area (Å²) >= 11 is 0. The Morgan fingerprint density at radius 3 is 2.94 bits per heavy atom. The van der Waals surface area contributed by atoms with Crippen LogP contribution in [0.3, 0.4) is 0 Å². The molecule has 0 bridgehead atoms. The first kappa shape index (κ1) is 13.6. The van der Waals surface area contributed by atoms with E-state index in [0.717, 1.165) is 32.4 Å². The van der Waals surface area contributed by atoms with Gasteiger partial charge in [-0.1, -0.05) is 19.8 Å². The van der Waals surface area contributed by atoms with Crippen LogP contribution >= 0.6 is 0 Å². The highest BCUT2D eigenvalue weighted by atomic mass is 16.3. The van der Waals surface area contributed by atoms with Crippen LogP contribution in [0.4, 0.5) is 0 Å². The third-order valence-electron chi connectivity index (χ3n) is 3.93. The minimum absolute atomic E-state index is 0.161. The van der Waals surface area contributed by atoms with Crippen LogP contribution in [-0.4, -0.2) is 38.8 Å². The number of imidazole rings is 1. The summed E-state index contributed by atoms with van der Waals surface area (Å²) in [6, 6.07) is 0.309. The molecule has 1 aromatic rings. The number of aliphatic hydroxyl groups is 1. The summed E-state index contributed by atoms with van der Waals surface area (Å²) in [5, 5.41) is 10.1. The Balaban J connectivity index is 1.97. The van der Waals surface area contributed by atoms with Gasteiger partial charge in [-0.05, 0) is 26.3 Å². The minimum atomic E-state index is -0.161. The molecule has 2 rings (SSSR count). The number of rotatable bonds is 5. The zero-order valence-electron chi connectivity index (χ0n) is 11.5. The van der Waals surface area contributed by atoms with Crippen LogP contribution in [0.2, 0.25) is 0 Å². The Morgan fingerprint density at radius 2 is 2.22 bits per heavy atom. The van der Waals surface area contributed by atoms with Crippen molar-refractivity contribution in [2.24, 2.45) is 0 Å². The first-order valence-electron chi connectivity index (χ1n) is 7.09. The van der Waals surface area contributed by atoms with Gasteiger partial charge in [-0.2, -0.15) is 0 Å². The van der Waals surface area contributed by atoms with E-state index in [1.807, 2.05) is 12.5 Å². The van der Waals surface area contributed by atoms with Gasteiger partial charge in [-0.15, -0.1) is 0 Å². The van der Waals surface area contributed by atoms with Gasteiger partial charge in [0, 0.05) is 25.3 Å². The van der Waals surface area contributed by atoms with E-state index in [2.05, 4.69) is 28.4 Å². The SMILES string of the molecule is CCCn1cncc1CN(C)C1CCCCC1O. The Morgan fingerprint density at radius 1 is 1.44 bits per heavy atom. The van der Waals surface area contributed by atoms with Gasteiger partial charge in [-0.3, -0.25) is 4.90 Å². The number of likely N-dealkylation sites (N-methyl/N-ethyl adjacent to an activating group) is 1. The molecule has 2 unspecified atom stereocenters. The molecule has 0 spiro atoms. The molecule has 0 aliphatic heterocycles. The fourth-order valence-corrected chi connectivity index (χ4v) is 2.90. The second kappa shape index (κ2) is 6.34. The molecule has 0 aromatic carbocycles. The Bertz CT molecular complexity index is 364. The van der Waals surface area contributed by atoms with Crippen LogP contribution in [0.25, 0.3) is 0 Å². The molecule has 1 aliphatic rings. The van der Waals surface area contributed by atoms with Crippen LogP contribution < -0.4 is 0 Å². The summed E-state index contributed by atoms with van der Waals surface area (Å²) in [7, 11) is 2.11. The van der Waals surface area contributed by atoms with E-state index in [0.29, 0.717) is 6.04 Å². The molecular formula is C14H25N3O. The highest BCUT2D eigenvalue weighted by Gasteiger charge is 2.26. The third-order valence-corrected chi connectivity index (χ3v) is 3.93. The van der Waals surface area contributed by atoms with Gasteiger partial charge in [0.1, 0.15) is 0 Å². The van der Waals surface area contributed by atoms with Gasteiger partial charge in [0.25, 0.3) is 0 Å². The van der Waals surface area contributed by atoms with Crippen molar-refractivity contribution in [2.75, 3.05) is 7.05 Å². The highest BCUT2D eigenvalue weighted by molar-refractivity contribution is 4.99. The maximum atomic E-state index is 10.1. The lowest BCUT2D eigenvalue weighted by atomic mass is 9.91. The van der Waals surface area contributed by atoms with Crippen molar-refractivity contribution in [1.29, 1.82) is 0 Å². The van der Waals surface area contributed by atoms with E-state index in [1.165, 1.54) is 18.5 Å². The van der Waals surface area contributed by atoms with Gasteiger partial charge >= 0.3 is 0 Å². The molecule has 1 aliphatic carbocycles. The van der Waals surface area contributed by atoms with Crippen molar-refractivity contribution in [3.8, 4) is 0 Å². The van der Waals surface area contributed by atoms with E-state index in [4.69, 9.17) is 0 Å². The maximum absolute atomic E-state index is 10.1. The Kier molecular flexibility index (Phi) is 4.78. The number of aliphatic hydroxyl groups excluding tert-OH is 1. The van der Waals surface area contributed by atoms with Gasteiger partial charge in [-0.25, -0.2) is 4.98 Å². The second-order valence-electron chi connectivity index (χ2n) is 5.41. The predicted molar refractivity (Wildman–Crippen MR) is 72.2 cm³/mol. The van der Waals surface area contributed by atoms with Gasteiger partial charge in [0.05, 0.1) is 18.1 Å². The molecule has 1 aromatic heterocycles. The molecular weight excluding hydrogens is 226 g/mol. The zero-order valence-corrected chi connectivity index (χ0v) is 11.5. The standard InChI is InChI=1S/C14H25N3O/c1-3-8-17-11-15-9-12(17)10-16(2)13-6-4-5-7-14(13)18/h9,11,13-14,18H,3-8,10H2,1-2H3. The lowest BCUT2D eigenvalue weighted by molar-refractivity contribution is 0.0279. The Labute approximate surface area is 110 Å². The molecule has 4 heteroatoms. The number of hydrogen-bond acceptors (Lipinski definition) is 3. The molecule has 1 fully saturated rings. The van der Waals surface area contributed by atoms with Crippen molar-refractivity contribution in [1.82, 2.24) is 14.5 Å². The normalized spacial score (nSPS) is 24.7. The number of aromatic nitrogens is 2. The van der Waals surface area contributed by atoms with Crippen LogP contribution in [-0.2, 0) is 13.1 Å². The lowest BCUT2D eigenvalue weighted by Gasteiger charge is -2.35. The molecule has 102 valence electrons. The third kappa shape index (κ3) is 3.12. The van der Waals surface area contributed by atoms with Crippen molar-refractivity contribution in [2.45, 2.75) is 64.3 Å². The molecule has 1 saturated carbocycles. The van der Waals surface area contributed by atoms with E-state index in [-0.39, 0.29) is 6.10 Å². The Hall–Kier alpha value is -0.870. The largest absolute Gasteiger partial charge is 0.391 e. The number of hydrogen-bond donors (Lipinski definition) is 1. The number of nitrogens with zero attached hydrogens (tertiary/aromatic N) is 3. The average molecular weight is 251 g/mol. The second-order valence-corrected chi connectivity index (χ2v) is 5.41. The molecule has 2 atom stereocenters. The van der Waals surface area contributed by atoms with Crippen LogP contribution in [0.5, 0.6) is 0 Å². The predicted octanol–water partition coefficient (Wildman–Crippen LogP) is 2.03. The minimum Gasteiger partial charge on any atom is -0.391 e. The van der Waals surface area contributed by atoms with E-state index >= 15 is 0 Å². The maximum Gasteiger partial charge on any atom is 0.0948 e. The van der Waals surface area contributed by atoms with Gasteiger partial charge in [0.15, 0.2) is 0 Å². The van der Waals surface area contributed by atoms with Crippen molar-refractivity contribution < 1.29 is 5.11 Å². The molecule has 0 saturated heterocycles. The molecule has 18 heavy (non-hydrogen) atoms. The molecule has 4 nitrogen and oxygen atoms in total. The van der Waals surface area contributed by atoms with E-state index in [1.54, 1.807) is 0 Å². The van der Waals surface area contributed by atoms with Crippen LogP contribution in [0.1, 0.15) is 44.7 Å². The topological polar surface area (TPSA) is 41.3 Å². The van der Waals surface area contributed by atoms with E-state index in [9.17, 15) is 5.11 Å². The lowest BCUT2D eigenvalue weighted by Crippen LogP contribution is -2.43. The monoisotopic (exact) mass is 251 g/mol. The summed E-state index contributed by atoms with van der Waals surface area (Å²) in [5.74, 6) is 0. The average Bonchev–Trinajstić information content (AvgIpc) is 2.78. The summed E-state index contributed by atoms with van der Waals surface area (Å²) in [6.45, 7) is 4.08. The van der Waals surface area contributed by atoms with Gasteiger partial charge in [0.2, 0.25) is 0 Å². The molecule has 1 N–H and O–H groups in total. The van der Waals surface area contributed by atoms with Crippen molar-refractivity contribution in [3.63, 3.8) is 0 Å².